The van der Waals surface area contributed by atoms with Crippen molar-refractivity contribution in [2.24, 2.45) is 5.41 Å². The maximum atomic E-state index is 5.46. The molecule has 2 heteroatoms. The molecule has 0 amide bonds. The lowest BCUT2D eigenvalue weighted by Gasteiger charge is -2.40. The number of methoxy groups -OCH3 is 1. The highest BCUT2D eigenvalue weighted by molar-refractivity contribution is 5.45. The molecule has 2 aromatic carbocycles. The van der Waals surface area contributed by atoms with Crippen LogP contribution in [0.2, 0.25) is 0 Å². The second-order valence-corrected chi connectivity index (χ2v) is 7.10. The predicted molar refractivity (Wildman–Crippen MR) is 94.1 cm³/mol. The number of benzene rings is 2. The summed E-state index contributed by atoms with van der Waals surface area (Å²) >= 11 is 0. The van der Waals surface area contributed by atoms with E-state index in [0.717, 1.165) is 25.3 Å². The number of hydrogen-bond donors (Lipinski definition) is 1. The van der Waals surface area contributed by atoms with Crippen LogP contribution < -0.4 is 10.1 Å². The molecule has 1 atom stereocenters. The van der Waals surface area contributed by atoms with Crippen LogP contribution in [0.3, 0.4) is 0 Å². The minimum atomic E-state index is 0.426. The van der Waals surface area contributed by atoms with Crippen molar-refractivity contribution in [3.8, 4) is 5.75 Å². The van der Waals surface area contributed by atoms with Crippen molar-refractivity contribution < 1.29 is 4.74 Å². The first kappa shape index (κ1) is 14.8. The Hall–Kier alpha value is -1.80. The van der Waals surface area contributed by atoms with Gasteiger partial charge in [-0.1, -0.05) is 36.4 Å². The third-order valence-electron chi connectivity index (χ3n) is 5.89. The first-order valence-electron chi connectivity index (χ1n) is 8.72. The van der Waals surface area contributed by atoms with Gasteiger partial charge in [0.15, 0.2) is 0 Å². The topological polar surface area (TPSA) is 21.3 Å². The zero-order valence-electron chi connectivity index (χ0n) is 13.8. The molecule has 1 spiro atoms. The van der Waals surface area contributed by atoms with Crippen LogP contribution in [0, 0.1) is 5.41 Å². The molecule has 1 aliphatic heterocycles. The van der Waals surface area contributed by atoms with Gasteiger partial charge in [0.05, 0.1) is 7.11 Å². The summed E-state index contributed by atoms with van der Waals surface area (Å²) in [6, 6.07) is 17.7. The lowest BCUT2D eigenvalue weighted by molar-refractivity contribution is 0.170. The Balaban J connectivity index is 1.72. The number of fused-ring (bicyclic) bond motifs is 1. The molecule has 0 radical (unpaired) electrons. The van der Waals surface area contributed by atoms with Gasteiger partial charge in [-0.3, -0.25) is 0 Å². The highest BCUT2D eigenvalue weighted by atomic mass is 16.5. The fourth-order valence-corrected chi connectivity index (χ4v) is 4.66. The van der Waals surface area contributed by atoms with E-state index in [4.69, 9.17) is 4.74 Å². The van der Waals surface area contributed by atoms with Crippen molar-refractivity contribution in [2.45, 2.75) is 31.6 Å². The van der Waals surface area contributed by atoms with E-state index in [-0.39, 0.29) is 0 Å². The molecule has 0 unspecified atom stereocenters. The molecule has 2 aromatic rings. The monoisotopic (exact) mass is 307 g/mol. The Kier molecular flexibility index (Phi) is 3.86. The fourth-order valence-electron chi connectivity index (χ4n) is 4.66. The van der Waals surface area contributed by atoms with Crippen LogP contribution >= 0.6 is 0 Å². The third kappa shape index (κ3) is 2.66. The van der Waals surface area contributed by atoms with E-state index in [9.17, 15) is 0 Å². The molecular formula is C21H25NO. The zero-order chi connectivity index (χ0) is 15.7. The minimum Gasteiger partial charge on any atom is -0.497 e. The molecule has 1 heterocycles. The lowest BCUT2D eigenvalue weighted by atomic mass is 9.67. The molecule has 0 saturated carbocycles. The Morgan fingerprint density at radius 3 is 2.61 bits per heavy atom. The van der Waals surface area contributed by atoms with Gasteiger partial charge in [0, 0.05) is 0 Å². The van der Waals surface area contributed by atoms with Crippen LogP contribution in [0.15, 0.2) is 48.5 Å². The summed E-state index contributed by atoms with van der Waals surface area (Å²) in [5.74, 6) is 1.63. The highest BCUT2D eigenvalue weighted by Crippen LogP contribution is 2.54. The predicted octanol–water partition coefficient (Wildman–Crippen LogP) is 3.95. The van der Waals surface area contributed by atoms with Crippen LogP contribution in [0.1, 0.15) is 35.4 Å². The summed E-state index contributed by atoms with van der Waals surface area (Å²) in [4.78, 5) is 0. The first-order valence-corrected chi connectivity index (χ1v) is 8.72. The molecule has 2 aliphatic rings. The van der Waals surface area contributed by atoms with Crippen LogP contribution in [0.5, 0.6) is 5.75 Å². The molecule has 120 valence electrons. The van der Waals surface area contributed by atoms with Gasteiger partial charge in [-0.2, -0.15) is 0 Å². The fraction of sp³-hybridized carbons (Fsp3) is 0.429. The van der Waals surface area contributed by atoms with E-state index in [1.807, 2.05) is 0 Å². The Morgan fingerprint density at radius 2 is 1.87 bits per heavy atom. The summed E-state index contributed by atoms with van der Waals surface area (Å²) in [5.41, 5.74) is 4.94. The largest absolute Gasteiger partial charge is 0.497 e. The summed E-state index contributed by atoms with van der Waals surface area (Å²) in [6.45, 7) is 2.30. The lowest BCUT2D eigenvalue weighted by Crippen LogP contribution is -2.40. The highest BCUT2D eigenvalue weighted by Gasteiger charge is 2.46. The Bertz CT molecular complexity index is 673. The van der Waals surface area contributed by atoms with Gasteiger partial charge in [-0.05, 0) is 78.9 Å². The van der Waals surface area contributed by atoms with Gasteiger partial charge in [0.2, 0.25) is 0 Å². The molecule has 1 saturated heterocycles. The first-order chi connectivity index (χ1) is 11.3. The van der Waals surface area contributed by atoms with Crippen LogP contribution in [0.4, 0.5) is 0 Å². The van der Waals surface area contributed by atoms with Gasteiger partial charge >= 0.3 is 0 Å². The number of piperidine rings is 1. The number of rotatable bonds is 3. The van der Waals surface area contributed by atoms with Crippen molar-refractivity contribution in [1.82, 2.24) is 5.32 Å². The van der Waals surface area contributed by atoms with Crippen molar-refractivity contribution >= 4 is 0 Å². The molecule has 4 rings (SSSR count). The summed E-state index contributed by atoms with van der Waals surface area (Å²) in [5, 5.41) is 3.54. The SMILES string of the molecule is COc1ccc2c(c1)CC1(CCNCC1)[C@H]2Cc1ccccc1. The molecular weight excluding hydrogens is 282 g/mol. The van der Waals surface area contributed by atoms with E-state index >= 15 is 0 Å². The summed E-state index contributed by atoms with van der Waals surface area (Å²) in [6.07, 6.45) is 4.92. The third-order valence-corrected chi connectivity index (χ3v) is 5.89. The number of nitrogens with one attached hydrogen (secondary N) is 1. The molecule has 0 aromatic heterocycles. The van der Waals surface area contributed by atoms with Crippen molar-refractivity contribution in [2.75, 3.05) is 20.2 Å². The van der Waals surface area contributed by atoms with Crippen molar-refractivity contribution in [1.29, 1.82) is 0 Å². The van der Waals surface area contributed by atoms with Gasteiger partial charge in [-0.15, -0.1) is 0 Å². The van der Waals surface area contributed by atoms with E-state index in [1.54, 1.807) is 12.7 Å². The summed E-state index contributed by atoms with van der Waals surface area (Å²) < 4.78 is 5.46. The Labute approximate surface area is 138 Å². The van der Waals surface area contributed by atoms with Crippen LogP contribution in [0.25, 0.3) is 0 Å². The maximum absolute atomic E-state index is 5.46. The second kappa shape index (κ2) is 6.01. The van der Waals surface area contributed by atoms with E-state index < -0.39 is 0 Å². The Morgan fingerprint density at radius 1 is 1.09 bits per heavy atom. The molecule has 23 heavy (non-hydrogen) atoms. The molecule has 1 aliphatic carbocycles. The number of ether oxygens (including phenoxy) is 1. The average molecular weight is 307 g/mol. The van der Waals surface area contributed by atoms with E-state index in [0.29, 0.717) is 11.3 Å². The second-order valence-electron chi connectivity index (χ2n) is 7.10. The average Bonchev–Trinajstić information content (AvgIpc) is 2.88. The minimum absolute atomic E-state index is 0.426. The maximum Gasteiger partial charge on any atom is 0.119 e. The zero-order valence-corrected chi connectivity index (χ0v) is 13.8. The smallest absolute Gasteiger partial charge is 0.119 e. The van der Waals surface area contributed by atoms with Crippen molar-refractivity contribution in [3.63, 3.8) is 0 Å². The normalized spacial score (nSPS) is 22.0. The molecule has 2 nitrogen and oxygen atoms in total. The van der Waals surface area contributed by atoms with Gasteiger partial charge in [0.1, 0.15) is 5.75 Å². The van der Waals surface area contributed by atoms with E-state index in [1.165, 1.54) is 30.4 Å². The molecule has 0 bridgehead atoms. The summed E-state index contributed by atoms with van der Waals surface area (Å²) in [7, 11) is 1.76. The van der Waals surface area contributed by atoms with Gasteiger partial charge in [0.25, 0.3) is 0 Å². The number of hydrogen-bond acceptors (Lipinski definition) is 2. The van der Waals surface area contributed by atoms with E-state index in [2.05, 4.69) is 53.8 Å². The molecule has 1 N–H and O–H groups in total. The van der Waals surface area contributed by atoms with Crippen LogP contribution in [-0.2, 0) is 12.8 Å². The standard InChI is InChI=1S/C21H25NO/c1-23-18-7-8-19-17(14-18)15-21(9-11-22-12-10-21)20(19)13-16-5-3-2-4-6-16/h2-8,14,20,22H,9-13,15H2,1H3/t20-/m0/s1. The quantitative estimate of drug-likeness (QED) is 0.927. The van der Waals surface area contributed by atoms with Crippen molar-refractivity contribution in [3.05, 3.63) is 65.2 Å². The molecule has 1 fully saturated rings. The van der Waals surface area contributed by atoms with Crippen LogP contribution in [-0.4, -0.2) is 20.2 Å². The van der Waals surface area contributed by atoms with Gasteiger partial charge in [-0.25, -0.2) is 0 Å². The van der Waals surface area contributed by atoms with Gasteiger partial charge < -0.3 is 10.1 Å².